The molecule has 1 saturated heterocycles. The zero-order valence-electron chi connectivity index (χ0n) is 18.3. The fourth-order valence-electron chi connectivity index (χ4n) is 4.57. The predicted molar refractivity (Wildman–Crippen MR) is 124 cm³/mol. The van der Waals surface area contributed by atoms with Crippen molar-refractivity contribution in [2.45, 2.75) is 51.7 Å². The fraction of sp³-hybridized carbons (Fsp3) is 0.429. The van der Waals surface area contributed by atoms with Crippen LogP contribution in [0.3, 0.4) is 0 Å². The van der Waals surface area contributed by atoms with Crippen molar-refractivity contribution >= 4 is 0 Å². The lowest BCUT2D eigenvalue weighted by Crippen LogP contribution is -2.29. The summed E-state index contributed by atoms with van der Waals surface area (Å²) in [5, 5.41) is 0. The van der Waals surface area contributed by atoms with Gasteiger partial charge in [0.25, 0.3) is 0 Å². The number of hydrogen-bond donors (Lipinski definition) is 0. The second-order valence-electron chi connectivity index (χ2n) is 8.81. The Balaban J connectivity index is 1.26. The van der Waals surface area contributed by atoms with Crippen molar-refractivity contribution in [2.75, 3.05) is 13.2 Å². The molecule has 2 fully saturated rings. The number of hydrogen-bond acceptors (Lipinski definition) is 2. The Morgan fingerprint density at radius 3 is 1.87 bits per heavy atom. The van der Waals surface area contributed by atoms with Gasteiger partial charge in [0.1, 0.15) is 0 Å². The summed E-state index contributed by atoms with van der Waals surface area (Å²) in [7, 11) is 0. The monoisotopic (exact) mass is 402 g/mol. The van der Waals surface area contributed by atoms with Crippen molar-refractivity contribution < 1.29 is 9.47 Å². The normalized spacial score (nSPS) is 27.7. The van der Waals surface area contributed by atoms with Crippen LogP contribution < -0.4 is 0 Å². The Bertz CT molecular complexity index is 831. The summed E-state index contributed by atoms with van der Waals surface area (Å²) < 4.78 is 11.5. The number of rotatable bonds is 5. The third kappa shape index (κ3) is 5.50. The van der Waals surface area contributed by atoms with Crippen molar-refractivity contribution in [3.63, 3.8) is 0 Å². The Kier molecular flexibility index (Phi) is 7.20. The van der Waals surface area contributed by atoms with Gasteiger partial charge in [-0.2, -0.15) is 0 Å². The Morgan fingerprint density at radius 1 is 0.700 bits per heavy atom. The SMILES string of the molecule is CC=CC1OCC(/C=C/C2CCC(c3ccc(-c4ccc(C)cc4)cc3)CC2)CO1. The third-order valence-corrected chi connectivity index (χ3v) is 6.49. The fourth-order valence-corrected chi connectivity index (χ4v) is 4.57. The van der Waals surface area contributed by atoms with E-state index in [4.69, 9.17) is 9.47 Å². The van der Waals surface area contributed by atoms with Gasteiger partial charge in [0.2, 0.25) is 0 Å². The van der Waals surface area contributed by atoms with Crippen LogP contribution in [0.5, 0.6) is 0 Å². The van der Waals surface area contributed by atoms with Crippen LogP contribution in [0.15, 0.2) is 72.8 Å². The average molecular weight is 403 g/mol. The van der Waals surface area contributed by atoms with Gasteiger partial charge in [-0.3, -0.25) is 0 Å². The lowest BCUT2D eigenvalue weighted by molar-refractivity contribution is -0.165. The quantitative estimate of drug-likeness (QED) is 0.499. The van der Waals surface area contributed by atoms with Gasteiger partial charge in [-0.1, -0.05) is 72.3 Å². The second-order valence-corrected chi connectivity index (χ2v) is 8.81. The second kappa shape index (κ2) is 10.2. The summed E-state index contributed by atoms with van der Waals surface area (Å²) in [6.45, 7) is 5.64. The molecule has 2 aromatic rings. The van der Waals surface area contributed by atoms with Gasteiger partial charge in [0.15, 0.2) is 6.29 Å². The van der Waals surface area contributed by atoms with Gasteiger partial charge in [-0.15, -0.1) is 0 Å². The van der Waals surface area contributed by atoms with Crippen LogP contribution >= 0.6 is 0 Å². The van der Waals surface area contributed by atoms with E-state index in [0.29, 0.717) is 17.8 Å². The minimum Gasteiger partial charge on any atom is -0.348 e. The largest absolute Gasteiger partial charge is 0.348 e. The molecule has 30 heavy (non-hydrogen) atoms. The molecule has 4 rings (SSSR count). The minimum atomic E-state index is -0.160. The molecule has 0 amide bonds. The molecule has 1 saturated carbocycles. The van der Waals surface area contributed by atoms with Crippen LogP contribution in [0.1, 0.15) is 49.7 Å². The van der Waals surface area contributed by atoms with E-state index >= 15 is 0 Å². The molecule has 2 heteroatoms. The highest BCUT2D eigenvalue weighted by molar-refractivity contribution is 5.64. The first-order chi connectivity index (χ1) is 14.7. The highest BCUT2D eigenvalue weighted by Gasteiger charge is 2.22. The highest BCUT2D eigenvalue weighted by Crippen LogP contribution is 2.37. The maximum absolute atomic E-state index is 5.73. The summed E-state index contributed by atoms with van der Waals surface area (Å²) in [5.41, 5.74) is 5.41. The number of benzene rings is 2. The number of ether oxygens (including phenoxy) is 2. The molecule has 0 radical (unpaired) electrons. The number of allylic oxidation sites excluding steroid dienone is 2. The van der Waals surface area contributed by atoms with E-state index in [2.05, 4.69) is 67.6 Å². The summed E-state index contributed by atoms with van der Waals surface area (Å²) in [6.07, 6.45) is 13.6. The van der Waals surface area contributed by atoms with Crippen LogP contribution in [-0.4, -0.2) is 19.5 Å². The van der Waals surface area contributed by atoms with Crippen LogP contribution in [0.4, 0.5) is 0 Å². The summed E-state index contributed by atoms with van der Waals surface area (Å²) in [5.74, 6) is 1.78. The lowest BCUT2D eigenvalue weighted by atomic mass is 9.78. The average Bonchev–Trinajstić information content (AvgIpc) is 2.80. The maximum Gasteiger partial charge on any atom is 0.176 e. The minimum absolute atomic E-state index is 0.160. The zero-order chi connectivity index (χ0) is 20.8. The van der Waals surface area contributed by atoms with Crippen molar-refractivity contribution in [3.05, 3.63) is 84.0 Å². The van der Waals surface area contributed by atoms with Gasteiger partial charge in [0, 0.05) is 5.92 Å². The van der Waals surface area contributed by atoms with Gasteiger partial charge in [-0.05, 0) is 74.1 Å². The molecule has 0 spiro atoms. The molecule has 158 valence electrons. The molecule has 1 heterocycles. The summed E-state index contributed by atoms with van der Waals surface area (Å²) in [6, 6.07) is 18.1. The molecule has 2 nitrogen and oxygen atoms in total. The van der Waals surface area contributed by atoms with Crippen LogP contribution in [0.25, 0.3) is 11.1 Å². The molecule has 0 aromatic heterocycles. The summed E-state index contributed by atoms with van der Waals surface area (Å²) >= 11 is 0. The molecule has 0 bridgehead atoms. The van der Waals surface area contributed by atoms with Gasteiger partial charge in [-0.25, -0.2) is 0 Å². The molecule has 2 aliphatic rings. The van der Waals surface area contributed by atoms with E-state index in [1.54, 1.807) is 0 Å². The van der Waals surface area contributed by atoms with E-state index in [1.807, 2.05) is 19.1 Å². The van der Waals surface area contributed by atoms with Crippen molar-refractivity contribution in [1.82, 2.24) is 0 Å². The van der Waals surface area contributed by atoms with E-state index < -0.39 is 0 Å². The molecule has 1 aliphatic heterocycles. The predicted octanol–water partition coefficient (Wildman–Crippen LogP) is 7.06. The highest BCUT2D eigenvalue weighted by atomic mass is 16.7. The summed E-state index contributed by atoms with van der Waals surface area (Å²) in [4.78, 5) is 0. The maximum atomic E-state index is 5.73. The molecular weight excluding hydrogens is 368 g/mol. The molecular formula is C28H34O2. The van der Waals surface area contributed by atoms with E-state index in [-0.39, 0.29) is 6.29 Å². The first-order valence-electron chi connectivity index (χ1n) is 11.4. The van der Waals surface area contributed by atoms with Gasteiger partial charge < -0.3 is 9.47 Å². The van der Waals surface area contributed by atoms with Crippen molar-refractivity contribution in [2.24, 2.45) is 11.8 Å². The number of aryl methyl sites for hydroxylation is 1. The molecule has 0 atom stereocenters. The Hall–Kier alpha value is -2.16. The van der Waals surface area contributed by atoms with Crippen LogP contribution in [-0.2, 0) is 9.47 Å². The van der Waals surface area contributed by atoms with Crippen molar-refractivity contribution in [1.29, 1.82) is 0 Å². The molecule has 2 aromatic carbocycles. The standard InChI is InChI=1S/C28H34O2/c1-3-4-28-29-19-23(20-30-28)8-7-22-9-13-25(14-10-22)27-17-15-26(16-18-27)24-11-5-21(2)6-12-24/h3-8,11-12,15-18,22-23,25,28H,9-10,13-14,19-20H2,1-2H3/b4-3?,8-7+. The third-order valence-electron chi connectivity index (χ3n) is 6.49. The van der Waals surface area contributed by atoms with Crippen molar-refractivity contribution in [3.8, 4) is 11.1 Å². The van der Waals surface area contributed by atoms with Crippen LogP contribution in [0, 0.1) is 18.8 Å². The molecule has 1 aliphatic carbocycles. The van der Waals surface area contributed by atoms with Gasteiger partial charge >= 0.3 is 0 Å². The topological polar surface area (TPSA) is 18.5 Å². The smallest absolute Gasteiger partial charge is 0.176 e. The Labute approximate surface area is 181 Å². The van der Waals surface area contributed by atoms with E-state index in [9.17, 15) is 0 Å². The molecule has 0 unspecified atom stereocenters. The lowest BCUT2D eigenvalue weighted by Gasteiger charge is -2.29. The zero-order valence-corrected chi connectivity index (χ0v) is 18.3. The van der Waals surface area contributed by atoms with Crippen LogP contribution in [0.2, 0.25) is 0 Å². The van der Waals surface area contributed by atoms with E-state index in [0.717, 1.165) is 13.2 Å². The Morgan fingerprint density at radius 2 is 1.27 bits per heavy atom. The first kappa shape index (κ1) is 21.1. The van der Waals surface area contributed by atoms with Gasteiger partial charge in [0.05, 0.1) is 13.2 Å². The first-order valence-corrected chi connectivity index (χ1v) is 11.4. The van der Waals surface area contributed by atoms with E-state index in [1.165, 1.54) is 47.9 Å². The molecule has 0 N–H and O–H groups in total.